The lowest BCUT2D eigenvalue weighted by Gasteiger charge is -2.22. The first kappa shape index (κ1) is 22.2. The second-order valence-corrected chi connectivity index (χ2v) is 7.54. The van der Waals surface area contributed by atoms with Crippen molar-refractivity contribution in [1.82, 2.24) is 19.9 Å². The molecule has 0 atom stereocenters. The van der Waals surface area contributed by atoms with Crippen LogP contribution in [0.25, 0.3) is 0 Å². The lowest BCUT2D eigenvalue weighted by molar-refractivity contribution is 0.0760. The monoisotopic (exact) mass is 446 g/mol. The summed E-state index contributed by atoms with van der Waals surface area (Å²) < 4.78 is 5.41. The van der Waals surface area contributed by atoms with Crippen molar-refractivity contribution in [3.05, 3.63) is 72.4 Å². The van der Waals surface area contributed by atoms with Gasteiger partial charge in [-0.15, -0.1) is 0 Å². The first-order valence-corrected chi connectivity index (χ1v) is 10.9. The van der Waals surface area contributed by atoms with Gasteiger partial charge < -0.3 is 19.9 Å². The molecule has 1 aromatic carbocycles. The first-order valence-electron chi connectivity index (χ1n) is 10.9. The van der Waals surface area contributed by atoms with E-state index in [9.17, 15) is 9.59 Å². The normalized spacial score (nSPS) is 13.8. The molecule has 3 heterocycles. The summed E-state index contributed by atoms with van der Waals surface area (Å²) in [6, 6.07) is 10.7. The minimum absolute atomic E-state index is 0.106. The molecule has 170 valence electrons. The molecule has 2 aromatic heterocycles. The van der Waals surface area contributed by atoms with E-state index in [0.717, 1.165) is 24.5 Å². The summed E-state index contributed by atoms with van der Waals surface area (Å²) >= 11 is 0. The standard InChI is InChI=1S/C24H26N6O3/c1-2-33-20-7-4-18(5-8-20)23(31)28-19-6-9-22(27-16-19)29-12-3-13-30(15-14-29)24(32)21-17-25-10-11-26-21/h4-11,16-17H,2-3,12-15H2,1H3,(H,28,31). The zero-order valence-corrected chi connectivity index (χ0v) is 18.5. The van der Waals surface area contributed by atoms with Crippen LogP contribution in [-0.4, -0.2) is 64.5 Å². The van der Waals surface area contributed by atoms with E-state index in [0.29, 0.717) is 43.2 Å². The molecule has 9 heteroatoms. The van der Waals surface area contributed by atoms with E-state index in [1.807, 2.05) is 19.1 Å². The smallest absolute Gasteiger partial charge is 0.274 e. The zero-order chi connectivity index (χ0) is 23.0. The third-order valence-corrected chi connectivity index (χ3v) is 5.32. The largest absolute Gasteiger partial charge is 0.494 e. The van der Waals surface area contributed by atoms with Crippen LogP contribution in [0, 0.1) is 0 Å². The highest BCUT2D eigenvalue weighted by Crippen LogP contribution is 2.18. The summed E-state index contributed by atoms with van der Waals surface area (Å²) in [6.07, 6.45) is 7.04. The highest BCUT2D eigenvalue weighted by molar-refractivity contribution is 6.04. The Balaban J connectivity index is 1.34. The molecule has 1 aliphatic rings. The molecule has 3 aromatic rings. The van der Waals surface area contributed by atoms with Crippen molar-refractivity contribution in [2.24, 2.45) is 0 Å². The number of carbonyl (C=O) groups excluding carboxylic acids is 2. The van der Waals surface area contributed by atoms with Crippen LogP contribution >= 0.6 is 0 Å². The number of nitrogens with one attached hydrogen (secondary N) is 1. The second kappa shape index (κ2) is 10.5. The average Bonchev–Trinajstić information content (AvgIpc) is 3.12. The van der Waals surface area contributed by atoms with Gasteiger partial charge in [0.1, 0.15) is 17.3 Å². The van der Waals surface area contributed by atoms with Gasteiger partial charge in [0.2, 0.25) is 0 Å². The Morgan fingerprint density at radius 2 is 1.82 bits per heavy atom. The summed E-state index contributed by atoms with van der Waals surface area (Å²) in [6.45, 7) is 5.18. The minimum atomic E-state index is -0.208. The molecule has 1 fully saturated rings. The number of nitrogens with zero attached hydrogens (tertiary/aromatic N) is 5. The number of anilines is 2. The molecule has 1 N–H and O–H groups in total. The van der Waals surface area contributed by atoms with Crippen LogP contribution < -0.4 is 15.0 Å². The Morgan fingerprint density at radius 1 is 0.970 bits per heavy atom. The van der Waals surface area contributed by atoms with E-state index in [4.69, 9.17) is 4.74 Å². The summed E-state index contributed by atoms with van der Waals surface area (Å²) in [4.78, 5) is 41.7. The van der Waals surface area contributed by atoms with Crippen LogP contribution in [0.4, 0.5) is 11.5 Å². The van der Waals surface area contributed by atoms with Gasteiger partial charge in [-0.25, -0.2) is 9.97 Å². The summed E-state index contributed by atoms with van der Waals surface area (Å²) in [5, 5.41) is 2.87. The molecule has 0 aliphatic carbocycles. The minimum Gasteiger partial charge on any atom is -0.494 e. The van der Waals surface area contributed by atoms with Crippen LogP contribution in [0.3, 0.4) is 0 Å². The molecule has 0 spiro atoms. The molecule has 0 unspecified atom stereocenters. The first-order chi connectivity index (χ1) is 16.1. The Labute approximate surface area is 192 Å². The second-order valence-electron chi connectivity index (χ2n) is 7.54. The van der Waals surface area contributed by atoms with Crippen LogP contribution in [0.1, 0.15) is 34.2 Å². The van der Waals surface area contributed by atoms with Gasteiger partial charge in [-0.3, -0.25) is 14.6 Å². The number of ether oxygens (including phenoxy) is 1. The highest BCUT2D eigenvalue weighted by Gasteiger charge is 2.22. The van der Waals surface area contributed by atoms with Crippen molar-refractivity contribution in [1.29, 1.82) is 0 Å². The molecule has 0 saturated carbocycles. The fourth-order valence-corrected chi connectivity index (χ4v) is 3.64. The molecule has 2 amide bonds. The third kappa shape index (κ3) is 5.62. The summed E-state index contributed by atoms with van der Waals surface area (Å²) in [5.41, 5.74) is 1.52. The molecule has 0 radical (unpaired) electrons. The molecule has 1 saturated heterocycles. The summed E-state index contributed by atoms with van der Waals surface area (Å²) in [7, 11) is 0. The van der Waals surface area contributed by atoms with Gasteiger partial charge in [0, 0.05) is 44.1 Å². The molecular weight excluding hydrogens is 420 g/mol. The quantitative estimate of drug-likeness (QED) is 0.621. The number of amides is 2. The maximum absolute atomic E-state index is 12.7. The predicted octanol–water partition coefficient (Wildman–Crippen LogP) is 2.88. The van der Waals surface area contributed by atoms with Gasteiger partial charge in [-0.1, -0.05) is 0 Å². The number of hydrogen-bond acceptors (Lipinski definition) is 7. The summed E-state index contributed by atoms with van der Waals surface area (Å²) in [5.74, 6) is 1.23. The Bertz CT molecular complexity index is 1070. The van der Waals surface area contributed by atoms with Crippen molar-refractivity contribution in [3.63, 3.8) is 0 Å². The van der Waals surface area contributed by atoms with E-state index in [-0.39, 0.29) is 11.8 Å². The van der Waals surface area contributed by atoms with Crippen molar-refractivity contribution in [2.75, 3.05) is 43.0 Å². The van der Waals surface area contributed by atoms with Crippen LogP contribution in [-0.2, 0) is 0 Å². The number of rotatable bonds is 6. The van der Waals surface area contributed by atoms with Crippen LogP contribution in [0.2, 0.25) is 0 Å². The Kier molecular flexibility index (Phi) is 7.09. The maximum Gasteiger partial charge on any atom is 0.274 e. The number of benzene rings is 1. The molecule has 9 nitrogen and oxygen atoms in total. The van der Waals surface area contributed by atoms with E-state index in [1.54, 1.807) is 41.6 Å². The number of hydrogen-bond donors (Lipinski definition) is 1. The number of pyridine rings is 1. The lowest BCUT2D eigenvalue weighted by Crippen LogP contribution is -2.35. The van der Waals surface area contributed by atoms with Gasteiger partial charge in [0.25, 0.3) is 11.8 Å². The molecule has 0 bridgehead atoms. The molecular formula is C24H26N6O3. The SMILES string of the molecule is CCOc1ccc(C(=O)Nc2ccc(N3CCCN(C(=O)c4cnccn4)CC3)nc2)cc1. The van der Waals surface area contributed by atoms with Crippen LogP contribution in [0.15, 0.2) is 61.2 Å². The van der Waals surface area contributed by atoms with Crippen molar-refractivity contribution in [3.8, 4) is 5.75 Å². The van der Waals surface area contributed by atoms with E-state index >= 15 is 0 Å². The maximum atomic E-state index is 12.7. The predicted molar refractivity (Wildman–Crippen MR) is 125 cm³/mol. The molecule has 4 rings (SSSR count). The highest BCUT2D eigenvalue weighted by atomic mass is 16.5. The van der Waals surface area contributed by atoms with E-state index < -0.39 is 0 Å². The molecule has 1 aliphatic heterocycles. The van der Waals surface area contributed by atoms with Gasteiger partial charge in [0.05, 0.1) is 24.7 Å². The van der Waals surface area contributed by atoms with E-state index in [2.05, 4.69) is 25.2 Å². The Morgan fingerprint density at radius 3 is 2.52 bits per heavy atom. The third-order valence-electron chi connectivity index (χ3n) is 5.32. The topological polar surface area (TPSA) is 101 Å². The van der Waals surface area contributed by atoms with Crippen molar-refractivity contribution < 1.29 is 14.3 Å². The molecule has 33 heavy (non-hydrogen) atoms. The van der Waals surface area contributed by atoms with Crippen LogP contribution in [0.5, 0.6) is 5.75 Å². The number of carbonyl (C=O) groups is 2. The zero-order valence-electron chi connectivity index (χ0n) is 18.5. The van der Waals surface area contributed by atoms with Gasteiger partial charge in [-0.2, -0.15) is 0 Å². The fraction of sp³-hybridized carbons (Fsp3) is 0.292. The van der Waals surface area contributed by atoms with Crippen molar-refractivity contribution >= 4 is 23.3 Å². The fourth-order valence-electron chi connectivity index (χ4n) is 3.64. The lowest BCUT2D eigenvalue weighted by atomic mass is 10.2. The van der Waals surface area contributed by atoms with Crippen molar-refractivity contribution in [2.45, 2.75) is 13.3 Å². The van der Waals surface area contributed by atoms with Gasteiger partial charge in [0.15, 0.2) is 0 Å². The van der Waals surface area contributed by atoms with Gasteiger partial charge >= 0.3 is 0 Å². The average molecular weight is 447 g/mol. The Hall–Kier alpha value is -4.01. The van der Waals surface area contributed by atoms with E-state index in [1.165, 1.54) is 12.4 Å². The number of aromatic nitrogens is 3. The van der Waals surface area contributed by atoms with Gasteiger partial charge in [-0.05, 0) is 49.7 Å².